The molecule has 0 aliphatic carbocycles. The molecule has 0 bridgehead atoms. The SMILES string of the molecule is CN1CCN(c2ccccc2CC#N)C1=O. The first-order valence-electron chi connectivity index (χ1n) is 5.21. The molecule has 4 heteroatoms. The Morgan fingerprint density at radius 3 is 2.75 bits per heavy atom. The van der Waals surface area contributed by atoms with Gasteiger partial charge in [0.25, 0.3) is 0 Å². The summed E-state index contributed by atoms with van der Waals surface area (Å²) >= 11 is 0. The highest BCUT2D eigenvalue weighted by Gasteiger charge is 2.27. The molecular formula is C12H13N3O. The average molecular weight is 215 g/mol. The Morgan fingerprint density at radius 2 is 2.12 bits per heavy atom. The van der Waals surface area contributed by atoms with Crippen LogP contribution in [0.25, 0.3) is 0 Å². The molecule has 0 aromatic heterocycles. The minimum absolute atomic E-state index is 0.00499. The Kier molecular flexibility index (Phi) is 2.78. The number of nitrogens with zero attached hydrogens (tertiary/aromatic N) is 3. The van der Waals surface area contributed by atoms with Crippen molar-refractivity contribution in [3.63, 3.8) is 0 Å². The number of carbonyl (C=O) groups is 1. The molecule has 2 rings (SSSR count). The average Bonchev–Trinajstić information content (AvgIpc) is 2.61. The first-order chi connectivity index (χ1) is 7.74. The Hall–Kier alpha value is -2.02. The molecule has 1 heterocycles. The number of rotatable bonds is 2. The maximum atomic E-state index is 11.8. The third kappa shape index (κ3) is 1.72. The van der Waals surface area contributed by atoms with Crippen LogP contribution in [0.15, 0.2) is 24.3 Å². The molecule has 1 aromatic carbocycles. The third-order valence-corrected chi connectivity index (χ3v) is 2.77. The molecule has 0 atom stereocenters. The zero-order valence-electron chi connectivity index (χ0n) is 9.18. The van der Waals surface area contributed by atoms with Crippen LogP contribution in [0, 0.1) is 11.3 Å². The largest absolute Gasteiger partial charge is 0.326 e. The van der Waals surface area contributed by atoms with Gasteiger partial charge in [-0.25, -0.2) is 4.79 Å². The van der Waals surface area contributed by atoms with Crippen molar-refractivity contribution >= 4 is 11.7 Å². The van der Waals surface area contributed by atoms with Crippen molar-refractivity contribution in [1.29, 1.82) is 5.26 Å². The Morgan fingerprint density at radius 1 is 1.38 bits per heavy atom. The summed E-state index contributed by atoms with van der Waals surface area (Å²) in [5.74, 6) is 0. The number of urea groups is 1. The molecule has 1 fully saturated rings. The quantitative estimate of drug-likeness (QED) is 0.752. The second kappa shape index (κ2) is 4.23. The van der Waals surface area contributed by atoms with Gasteiger partial charge in [0.05, 0.1) is 12.5 Å². The van der Waals surface area contributed by atoms with Crippen LogP contribution in [0.3, 0.4) is 0 Å². The summed E-state index contributed by atoms with van der Waals surface area (Å²) in [7, 11) is 1.79. The normalized spacial score (nSPS) is 15.4. The van der Waals surface area contributed by atoms with Crippen molar-refractivity contribution in [2.75, 3.05) is 25.0 Å². The second-order valence-electron chi connectivity index (χ2n) is 3.82. The summed E-state index contributed by atoms with van der Waals surface area (Å²) in [5.41, 5.74) is 1.77. The van der Waals surface area contributed by atoms with Gasteiger partial charge in [0, 0.05) is 25.8 Å². The van der Waals surface area contributed by atoms with Gasteiger partial charge in [0.1, 0.15) is 0 Å². The summed E-state index contributed by atoms with van der Waals surface area (Å²) < 4.78 is 0. The zero-order valence-corrected chi connectivity index (χ0v) is 9.18. The maximum Gasteiger partial charge on any atom is 0.324 e. The van der Waals surface area contributed by atoms with E-state index in [0.717, 1.165) is 17.8 Å². The topological polar surface area (TPSA) is 47.3 Å². The third-order valence-electron chi connectivity index (χ3n) is 2.77. The molecule has 1 saturated heterocycles. The molecule has 1 aliphatic rings. The maximum absolute atomic E-state index is 11.8. The first-order valence-corrected chi connectivity index (χ1v) is 5.21. The minimum Gasteiger partial charge on any atom is -0.326 e. The summed E-state index contributed by atoms with van der Waals surface area (Å²) in [6.07, 6.45) is 0.337. The number of hydrogen-bond donors (Lipinski definition) is 0. The lowest BCUT2D eigenvalue weighted by atomic mass is 10.1. The highest BCUT2D eigenvalue weighted by Crippen LogP contribution is 2.24. The fourth-order valence-electron chi connectivity index (χ4n) is 1.88. The minimum atomic E-state index is 0.00499. The van der Waals surface area contributed by atoms with E-state index in [0.29, 0.717) is 13.0 Å². The van der Waals surface area contributed by atoms with E-state index in [1.165, 1.54) is 0 Å². The molecule has 1 aliphatic heterocycles. The molecule has 0 saturated carbocycles. The number of nitriles is 1. The highest BCUT2D eigenvalue weighted by atomic mass is 16.2. The molecule has 0 radical (unpaired) electrons. The fourth-order valence-corrected chi connectivity index (χ4v) is 1.88. The number of carbonyl (C=O) groups excluding carboxylic acids is 1. The summed E-state index contributed by atoms with van der Waals surface area (Å²) in [6, 6.07) is 9.69. The van der Waals surface area contributed by atoms with Crippen LogP contribution >= 0.6 is 0 Å². The van der Waals surface area contributed by atoms with E-state index in [-0.39, 0.29) is 6.03 Å². The van der Waals surface area contributed by atoms with Crippen molar-refractivity contribution in [2.45, 2.75) is 6.42 Å². The van der Waals surface area contributed by atoms with Crippen LogP contribution in [0.1, 0.15) is 5.56 Å². The molecule has 1 aromatic rings. The van der Waals surface area contributed by atoms with Crippen LogP contribution in [0.5, 0.6) is 0 Å². The van der Waals surface area contributed by atoms with Crippen LogP contribution < -0.4 is 4.90 Å². The number of amides is 2. The number of anilines is 1. The monoisotopic (exact) mass is 215 g/mol. The fraction of sp³-hybridized carbons (Fsp3) is 0.333. The molecule has 16 heavy (non-hydrogen) atoms. The van der Waals surface area contributed by atoms with Gasteiger partial charge in [-0.3, -0.25) is 4.90 Å². The molecule has 4 nitrogen and oxygen atoms in total. The predicted octanol–water partition coefficient (Wildman–Crippen LogP) is 1.62. The van der Waals surface area contributed by atoms with E-state index in [9.17, 15) is 4.79 Å². The van der Waals surface area contributed by atoms with Crippen molar-refractivity contribution in [1.82, 2.24) is 4.90 Å². The van der Waals surface area contributed by atoms with Crippen molar-refractivity contribution in [2.24, 2.45) is 0 Å². The van der Waals surface area contributed by atoms with Crippen LogP contribution in [-0.2, 0) is 6.42 Å². The Balaban J connectivity index is 2.34. The van der Waals surface area contributed by atoms with Gasteiger partial charge in [-0.2, -0.15) is 5.26 Å². The lowest BCUT2D eigenvalue weighted by molar-refractivity contribution is 0.229. The second-order valence-corrected chi connectivity index (χ2v) is 3.82. The standard InChI is InChI=1S/C12H13N3O/c1-14-8-9-15(12(14)16)11-5-3-2-4-10(11)6-7-13/h2-5H,6,8-9H2,1H3. The summed E-state index contributed by atoms with van der Waals surface area (Å²) in [5, 5.41) is 8.74. The van der Waals surface area contributed by atoms with Gasteiger partial charge in [-0.05, 0) is 11.6 Å². The van der Waals surface area contributed by atoms with Crippen LogP contribution in [0.2, 0.25) is 0 Å². The molecule has 0 N–H and O–H groups in total. The lowest BCUT2D eigenvalue weighted by Gasteiger charge is -2.18. The summed E-state index contributed by atoms with van der Waals surface area (Å²) in [6.45, 7) is 1.43. The molecule has 82 valence electrons. The molecule has 2 amide bonds. The van der Waals surface area contributed by atoms with Gasteiger partial charge in [-0.15, -0.1) is 0 Å². The first kappa shape index (κ1) is 10.5. The Labute approximate surface area is 94.7 Å². The molecule has 0 spiro atoms. The number of hydrogen-bond acceptors (Lipinski definition) is 2. The van der Waals surface area contributed by atoms with E-state index in [2.05, 4.69) is 6.07 Å². The van der Waals surface area contributed by atoms with Gasteiger partial charge >= 0.3 is 6.03 Å². The smallest absolute Gasteiger partial charge is 0.324 e. The van der Waals surface area contributed by atoms with Crippen molar-refractivity contribution in [3.8, 4) is 6.07 Å². The van der Waals surface area contributed by atoms with Crippen LogP contribution in [0.4, 0.5) is 10.5 Å². The zero-order chi connectivity index (χ0) is 11.5. The predicted molar refractivity (Wildman–Crippen MR) is 61.1 cm³/mol. The van der Waals surface area contributed by atoms with Gasteiger partial charge < -0.3 is 4.90 Å². The van der Waals surface area contributed by atoms with Crippen molar-refractivity contribution < 1.29 is 4.79 Å². The van der Waals surface area contributed by atoms with E-state index < -0.39 is 0 Å². The summed E-state index contributed by atoms with van der Waals surface area (Å²) in [4.78, 5) is 15.2. The number of benzene rings is 1. The van der Waals surface area contributed by atoms with E-state index in [1.807, 2.05) is 24.3 Å². The molecular weight excluding hydrogens is 202 g/mol. The van der Waals surface area contributed by atoms with Gasteiger partial charge in [0.2, 0.25) is 0 Å². The van der Waals surface area contributed by atoms with Gasteiger partial charge in [0.15, 0.2) is 0 Å². The Bertz CT molecular complexity index is 450. The van der Waals surface area contributed by atoms with E-state index in [4.69, 9.17) is 5.26 Å². The van der Waals surface area contributed by atoms with Gasteiger partial charge in [-0.1, -0.05) is 18.2 Å². The van der Waals surface area contributed by atoms with Crippen molar-refractivity contribution in [3.05, 3.63) is 29.8 Å². The lowest BCUT2D eigenvalue weighted by Crippen LogP contribution is -2.29. The van der Waals surface area contributed by atoms with E-state index in [1.54, 1.807) is 16.8 Å². The number of likely N-dealkylation sites (N-methyl/N-ethyl adjacent to an activating group) is 1. The highest BCUT2D eigenvalue weighted by molar-refractivity contribution is 5.94. The van der Waals surface area contributed by atoms with Crippen LogP contribution in [-0.4, -0.2) is 31.1 Å². The number of para-hydroxylation sites is 1. The molecule has 0 unspecified atom stereocenters. The van der Waals surface area contributed by atoms with E-state index >= 15 is 0 Å².